The predicted molar refractivity (Wildman–Crippen MR) is 76.1 cm³/mol. The van der Waals surface area contributed by atoms with Crippen LogP contribution in [0, 0.1) is 6.92 Å². The molecule has 0 amide bonds. The van der Waals surface area contributed by atoms with Crippen LogP contribution in [-0.4, -0.2) is 11.5 Å². The van der Waals surface area contributed by atoms with Crippen molar-refractivity contribution in [3.8, 4) is 0 Å². The summed E-state index contributed by atoms with van der Waals surface area (Å²) in [5.41, 5.74) is 8.92. The van der Waals surface area contributed by atoms with E-state index in [0.29, 0.717) is 0 Å². The molecule has 3 N–H and O–H groups in total. The van der Waals surface area contributed by atoms with Crippen LogP contribution in [0.2, 0.25) is 0 Å². The second-order valence-electron chi connectivity index (χ2n) is 4.38. The molecule has 2 aromatic rings. The Morgan fingerprint density at radius 1 is 1.17 bits per heavy atom. The highest BCUT2D eigenvalue weighted by Crippen LogP contribution is 2.17. The molecular formula is C15H19N3. The van der Waals surface area contributed by atoms with Crippen LogP contribution < -0.4 is 11.1 Å². The highest BCUT2D eigenvalue weighted by molar-refractivity contribution is 5.57. The number of pyridine rings is 1. The molecule has 0 unspecified atom stereocenters. The lowest BCUT2D eigenvalue weighted by Crippen LogP contribution is -2.01. The van der Waals surface area contributed by atoms with Crippen molar-refractivity contribution in [1.82, 2.24) is 4.98 Å². The number of nitrogens with one attached hydrogen (secondary N) is 1. The van der Waals surface area contributed by atoms with Gasteiger partial charge in [0.25, 0.3) is 0 Å². The third-order valence-corrected chi connectivity index (χ3v) is 2.76. The van der Waals surface area contributed by atoms with Crippen molar-refractivity contribution >= 4 is 11.5 Å². The van der Waals surface area contributed by atoms with Gasteiger partial charge in [-0.25, -0.2) is 4.98 Å². The van der Waals surface area contributed by atoms with Crippen molar-refractivity contribution in [2.45, 2.75) is 19.8 Å². The fourth-order valence-corrected chi connectivity index (χ4v) is 1.87. The van der Waals surface area contributed by atoms with Crippen LogP contribution in [0.3, 0.4) is 0 Å². The van der Waals surface area contributed by atoms with Crippen molar-refractivity contribution in [2.75, 3.05) is 11.9 Å². The highest BCUT2D eigenvalue weighted by atomic mass is 15.0. The first-order valence-corrected chi connectivity index (χ1v) is 6.27. The summed E-state index contributed by atoms with van der Waals surface area (Å²) in [6, 6.07) is 14.4. The summed E-state index contributed by atoms with van der Waals surface area (Å²) in [4.78, 5) is 4.43. The van der Waals surface area contributed by atoms with Crippen LogP contribution in [0.15, 0.2) is 42.5 Å². The topological polar surface area (TPSA) is 50.9 Å². The van der Waals surface area contributed by atoms with Gasteiger partial charge >= 0.3 is 0 Å². The van der Waals surface area contributed by atoms with Crippen LogP contribution in [0.5, 0.6) is 0 Å². The smallest absolute Gasteiger partial charge is 0.130 e. The van der Waals surface area contributed by atoms with Gasteiger partial charge in [-0.1, -0.05) is 18.2 Å². The molecule has 0 aliphatic carbocycles. The second-order valence-corrected chi connectivity index (χ2v) is 4.38. The molecule has 0 spiro atoms. The van der Waals surface area contributed by atoms with Crippen LogP contribution >= 0.6 is 0 Å². The van der Waals surface area contributed by atoms with Gasteiger partial charge in [-0.15, -0.1) is 0 Å². The lowest BCUT2D eigenvalue weighted by molar-refractivity contribution is 0.833. The Bertz CT molecular complexity index is 509. The molecule has 0 radical (unpaired) electrons. The zero-order chi connectivity index (χ0) is 12.8. The van der Waals surface area contributed by atoms with E-state index in [9.17, 15) is 0 Å². The molecule has 0 atom stereocenters. The fourth-order valence-electron chi connectivity index (χ4n) is 1.87. The first-order valence-electron chi connectivity index (χ1n) is 6.27. The maximum atomic E-state index is 5.53. The molecule has 94 valence electrons. The van der Waals surface area contributed by atoms with E-state index in [2.05, 4.69) is 34.6 Å². The molecular weight excluding hydrogens is 222 g/mol. The maximum Gasteiger partial charge on any atom is 0.130 e. The van der Waals surface area contributed by atoms with Gasteiger partial charge in [0.05, 0.1) is 0 Å². The van der Waals surface area contributed by atoms with E-state index in [1.54, 1.807) is 0 Å². The van der Waals surface area contributed by atoms with Crippen molar-refractivity contribution in [3.05, 3.63) is 53.7 Å². The predicted octanol–water partition coefficient (Wildman–Crippen LogP) is 3.02. The zero-order valence-electron chi connectivity index (χ0n) is 10.7. The number of rotatable bonds is 5. The standard InChI is InChI=1S/C15H19N3/c1-12-5-2-9-15(17-12)18-14-8-3-6-13(11-14)7-4-10-16/h2-3,5-6,8-9,11H,4,7,10,16H2,1H3,(H,17,18). The Morgan fingerprint density at radius 3 is 2.78 bits per heavy atom. The number of anilines is 2. The summed E-state index contributed by atoms with van der Waals surface area (Å²) in [6.45, 7) is 2.72. The summed E-state index contributed by atoms with van der Waals surface area (Å²) in [5, 5.41) is 3.32. The van der Waals surface area contributed by atoms with Crippen LogP contribution in [0.25, 0.3) is 0 Å². The van der Waals surface area contributed by atoms with Crippen LogP contribution in [-0.2, 0) is 6.42 Å². The van der Waals surface area contributed by atoms with E-state index >= 15 is 0 Å². The monoisotopic (exact) mass is 241 g/mol. The minimum Gasteiger partial charge on any atom is -0.340 e. The Labute approximate surface area is 108 Å². The molecule has 1 aromatic carbocycles. The molecule has 18 heavy (non-hydrogen) atoms. The highest BCUT2D eigenvalue weighted by Gasteiger charge is 1.98. The Hall–Kier alpha value is -1.87. The number of aromatic nitrogens is 1. The molecule has 0 bridgehead atoms. The Balaban J connectivity index is 2.09. The summed E-state index contributed by atoms with van der Waals surface area (Å²) >= 11 is 0. The average molecular weight is 241 g/mol. The Kier molecular flexibility index (Phi) is 4.31. The number of nitrogens with zero attached hydrogens (tertiary/aromatic N) is 1. The van der Waals surface area contributed by atoms with E-state index in [0.717, 1.165) is 36.6 Å². The molecule has 3 heteroatoms. The van der Waals surface area contributed by atoms with E-state index in [4.69, 9.17) is 5.73 Å². The van der Waals surface area contributed by atoms with Gasteiger partial charge in [0.2, 0.25) is 0 Å². The lowest BCUT2D eigenvalue weighted by Gasteiger charge is -2.08. The van der Waals surface area contributed by atoms with Gasteiger partial charge in [-0.05, 0) is 56.1 Å². The van der Waals surface area contributed by atoms with Crippen molar-refractivity contribution in [2.24, 2.45) is 5.73 Å². The summed E-state index contributed by atoms with van der Waals surface area (Å²) < 4.78 is 0. The van der Waals surface area contributed by atoms with E-state index in [-0.39, 0.29) is 0 Å². The SMILES string of the molecule is Cc1cccc(Nc2cccc(CCCN)c2)n1. The van der Waals surface area contributed by atoms with Crippen LogP contribution in [0.4, 0.5) is 11.5 Å². The third kappa shape index (κ3) is 3.57. The molecule has 0 saturated carbocycles. The first-order chi connectivity index (χ1) is 8.78. The molecule has 3 nitrogen and oxygen atoms in total. The third-order valence-electron chi connectivity index (χ3n) is 2.76. The summed E-state index contributed by atoms with van der Waals surface area (Å²) in [6.07, 6.45) is 2.04. The molecule has 0 aliphatic heterocycles. The van der Waals surface area contributed by atoms with Gasteiger partial charge in [-0.2, -0.15) is 0 Å². The zero-order valence-corrected chi connectivity index (χ0v) is 10.7. The number of nitrogens with two attached hydrogens (primary N) is 1. The fraction of sp³-hybridized carbons (Fsp3) is 0.267. The molecule has 1 aromatic heterocycles. The molecule has 0 saturated heterocycles. The van der Waals surface area contributed by atoms with Crippen molar-refractivity contribution in [3.63, 3.8) is 0 Å². The molecule has 1 heterocycles. The average Bonchev–Trinajstić information content (AvgIpc) is 2.37. The van der Waals surface area contributed by atoms with Crippen LogP contribution in [0.1, 0.15) is 17.7 Å². The van der Waals surface area contributed by atoms with E-state index in [1.807, 2.05) is 25.1 Å². The van der Waals surface area contributed by atoms with E-state index in [1.165, 1.54) is 5.56 Å². The quantitative estimate of drug-likeness (QED) is 0.846. The van der Waals surface area contributed by atoms with Crippen molar-refractivity contribution in [1.29, 1.82) is 0 Å². The van der Waals surface area contributed by atoms with E-state index < -0.39 is 0 Å². The molecule has 2 rings (SSSR count). The number of aryl methyl sites for hydroxylation is 2. The molecule has 0 aliphatic rings. The van der Waals surface area contributed by atoms with Crippen molar-refractivity contribution < 1.29 is 0 Å². The number of benzene rings is 1. The van der Waals surface area contributed by atoms with Gasteiger partial charge in [-0.3, -0.25) is 0 Å². The Morgan fingerprint density at radius 2 is 2.00 bits per heavy atom. The number of hydrogen-bond acceptors (Lipinski definition) is 3. The largest absolute Gasteiger partial charge is 0.340 e. The van der Waals surface area contributed by atoms with Gasteiger partial charge in [0, 0.05) is 11.4 Å². The first kappa shape index (κ1) is 12.6. The molecule has 0 fully saturated rings. The minimum absolute atomic E-state index is 0.733. The maximum absolute atomic E-state index is 5.53. The summed E-state index contributed by atoms with van der Waals surface area (Å²) in [7, 11) is 0. The lowest BCUT2D eigenvalue weighted by atomic mass is 10.1. The number of hydrogen-bond donors (Lipinski definition) is 2. The summed E-state index contributed by atoms with van der Waals surface area (Å²) in [5.74, 6) is 0.881. The van der Waals surface area contributed by atoms with Gasteiger partial charge in [0.15, 0.2) is 0 Å². The minimum atomic E-state index is 0.733. The van der Waals surface area contributed by atoms with Gasteiger partial charge < -0.3 is 11.1 Å². The van der Waals surface area contributed by atoms with Gasteiger partial charge in [0.1, 0.15) is 5.82 Å². The normalized spacial score (nSPS) is 10.3. The second kappa shape index (κ2) is 6.17.